The number of anilines is 1. The first-order valence-corrected chi connectivity index (χ1v) is 10.5. The number of carbonyl (C=O) groups excluding carboxylic acids is 2. The molecule has 1 aromatic heterocycles. The van der Waals surface area contributed by atoms with Crippen molar-refractivity contribution in [3.8, 4) is 5.75 Å². The molecule has 1 aliphatic rings. The first-order chi connectivity index (χ1) is 15.3. The summed E-state index contributed by atoms with van der Waals surface area (Å²) < 4.78 is 11.2. The number of furan rings is 1. The number of Topliss-reactive ketones (excluding diaryl/α,β-unsaturated/α-hetero) is 1. The predicted octanol–water partition coefficient (Wildman–Crippen LogP) is 5.23. The Balaban J connectivity index is 1.91. The van der Waals surface area contributed by atoms with E-state index >= 15 is 0 Å². The Bertz CT molecular complexity index is 1220. The summed E-state index contributed by atoms with van der Waals surface area (Å²) in [6.45, 7) is 8.12. The maximum absolute atomic E-state index is 13.2. The van der Waals surface area contributed by atoms with Crippen LogP contribution >= 0.6 is 0 Å². The fraction of sp³-hybridized carbons (Fsp3) is 0.231. The van der Waals surface area contributed by atoms with E-state index in [1.54, 1.807) is 36.4 Å². The molecule has 2 aromatic carbocycles. The smallest absolute Gasteiger partial charge is 0.300 e. The number of carbonyl (C=O) groups is 2. The van der Waals surface area contributed by atoms with E-state index in [-0.39, 0.29) is 11.3 Å². The van der Waals surface area contributed by atoms with E-state index in [9.17, 15) is 14.7 Å². The van der Waals surface area contributed by atoms with Gasteiger partial charge >= 0.3 is 0 Å². The standard InChI is InChI=1S/C26H25NO5/c1-5-31-20-12-11-18(14-16(20)3)24(28)22-23(21-10-7-13-32-21)27(26(30)25(22)29)19-9-6-8-15(2)17(19)4/h6-14,23,28H,5H2,1-4H3/b24-22-. The lowest BCUT2D eigenvalue weighted by Gasteiger charge is -2.25. The first kappa shape index (κ1) is 21.4. The first-order valence-electron chi connectivity index (χ1n) is 10.5. The summed E-state index contributed by atoms with van der Waals surface area (Å²) in [5.41, 5.74) is 3.72. The number of aliphatic hydroxyl groups is 1. The monoisotopic (exact) mass is 431 g/mol. The highest BCUT2D eigenvalue weighted by molar-refractivity contribution is 6.51. The SMILES string of the molecule is CCOc1ccc(/C(O)=C2/C(=O)C(=O)N(c3cccc(C)c3C)C2c2ccco2)cc1C. The molecule has 3 aromatic rings. The molecule has 0 spiro atoms. The van der Waals surface area contributed by atoms with Gasteiger partial charge in [0, 0.05) is 11.3 Å². The molecular formula is C26H25NO5. The van der Waals surface area contributed by atoms with Crippen LogP contribution in [0.3, 0.4) is 0 Å². The number of ketones is 1. The normalized spacial score (nSPS) is 17.8. The molecule has 2 heterocycles. The van der Waals surface area contributed by atoms with Crippen LogP contribution in [0.1, 0.15) is 41.0 Å². The highest BCUT2D eigenvalue weighted by Gasteiger charge is 2.48. The third-order valence-electron chi connectivity index (χ3n) is 5.84. The van der Waals surface area contributed by atoms with Crippen molar-refractivity contribution in [2.24, 2.45) is 0 Å². The zero-order valence-corrected chi connectivity index (χ0v) is 18.5. The number of aryl methyl sites for hydroxylation is 2. The number of hydrogen-bond acceptors (Lipinski definition) is 5. The van der Waals surface area contributed by atoms with Crippen LogP contribution in [0.25, 0.3) is 5.76 Å². The summed E-state index contributed by atoms with van der Waals surface area (Å²) in [5, 5.41) is 11.2. The minimum Gasteiger partial charge on any atom is -0.507 e. The van der Waals surface area contributed by atoms with Crippen LogP contribution in [0, 0.1) is 20.8 Å². The van der Waals surface area contributed by atoms with Crippen molar-refractivity contribution in [1.29, 1.82) is 0 Å². The molecule has 0 bridgehead atoms. The average molecular weight is 431 g/mol. The number of rotatable bonds is 5. The van der Waals surface area contributed by atoms with Crippen LogP contribution in [0.15, 0.2) is 64.8 Å². The van der Waals surface area contributed by atoms with Gasteiger partial charge in [0.15, 0.2) is 0 Å². The molecule has 0 aliphatic carbocycles. The highest BCUT2D eigenvalue weighted by atomic mass is 16.5. The molecule has 1 aliphatic heterocycles. The largest absolute Gasteiger partial charge is 0.507 e. The number of benzene rings is 2. The van der Waals surface area contributed by atoms with E-state index in [2.05, 4.69) is 0 Å². The maximum atomic E-state index is 13.2. The third kappa shape index (κ3) is 3.47. The zero-order chi connectivity index (χ0) is 23.0. The fourth-order valence-corrected chi connectivity index (χ4v) is 4.06. The Labute approximate surface area is 186 Å². The lowest BCUT2D eigenvalue weighted by molar-refractivity contribution is -0.132. The van der Waals surface area contributed by atoms with Gasteiger partial charge in [0.25, 0.3) is 11.7 Å². The Hall–Kier alpha value is -3.80. The van der Waals surface area contributed by atoms with Crippen molar-refractivity contribution < 1.29 is 23.8 Å². The molecule has 0 saturated carbocycles. The van der Waals surface area contributed by atoms with E-state index < -0.39 is 17.7 Å². The minimum atomic E-state index is -0.877. The number of amides is 1. The van der Waals surface area contributed by atoms with E-state index in [0.717, 1.165) is 16.7 Å². The van der Waals surface area contributed by atoms with Crippen molar-refractivity contribution in [1.82, 2.24) is 0 Å². The molecule has 4 rings (SSSR count). The van der Waals surface area contributed by atoms with Crippen LogP contribution in [0.5, 0.6) is 5.75 Å². The van der Waals surface area contributed by atoms with Gasteiger partial charge in [0.2, 0.25) is 0 Å². The lowest BCUT2D eigenvalue weighted by Crippen LogP contribution is -2.30. The molecule has 1 saturated heterocycles. The topological polar surface area (TPSA) is 80.0 Å². The van der Waals surface area contributed by atoms with E-state index in [0.29, 0.717) is 29.4 Å². The van der Waals surface area contributed by atoms with Crippen molar-refractivity contribution in [2.75, 3.05) is 11.5 Å². The second-order valence-corrected chi connectivity index (χ2v) is 7.82. The molecule has 1 atom stereocenters. The van der Waals surface area contributed by atoms with Crippen LogP contribution in [0.4, 0.5) is 5.69 Å². The Morgan fingerprint density at radius 3 is 2.50 bits per heavy atom. The number of aliphatic hydroxyl groups excluding tert-OH is 1. The summed E-state index contributed by atoms with van der Waals surface area (Å²) in [4.78, 5) is 27.8. The van der Waals surface area contributed by atoms with E-state index in [1.807, 2.05) is 39.8 Å². The minimum absolute atomic E-state index is 0.00517. The molecule has 164 valence electrons. The molecule has 6 nitrogen and oxygen atoms in total. The Kier molecular flexibility index (Phi) is 5.61. The Morgan fingerprint density at radius 2 is 1.84 bits per heavy atom. The molecular weight excluding hydrogens is 406 g/mol. The summed E-state index contributed by atoms with van der Waals surface area (Å²) >= 11 is 0. The zero-order valence-electron chi connectivity index (χ0n) is 18.5. The molecule has 32 heavy (non-hydrogen) atoms. The summed E-state index contributed by atoms with van der Waals surface area (Å²) in [6, 6.07) is 13.3. The molecule has 0 radical (unpaired) electrons. The summed E-state index contributed by atoms with van der Waals surface area (Å²) in [7, 11) is 0. The van der Waals surface area contributed by atoms with Crippen LogP contribution in [0.2, 0.25) is 0 Å². The lowest BCUT2D eigenvalue weighted by atomic mass is 9.97. The van der Waals surface area contributed by atoms with Crippen molar-refractivity contribution >= 4 is 23.1 Å². The molecule has 1 N–H and O–H groups in total. The van der Waals surface area contributed by atoms with Crippen LogP contribution in [-0.4, -0.2) is 23.4 Å². The number of hydrogen-bond donors (Lipinski definition) is 1. The molecule has 1 amide bonds. The maximum Gasteiger partial charge on any atom is 0.300 e. The van der Waals surface area contributed by atoms with Gasteiger partial charge in [-0.1, -0.05) is 12.1 Å². The third-order valence-corrected chi connectivity index (χ3v) is 5.84. The van der Waals surface area contributed by atoms with E-state index in [1.165, 1.54) is 11.2 Å². The van der Waals surface area contributed by atoms with Gasteiger partial charge in [-0.2, -0.15) is 0 Å². The fourth-order valence-electron chi connectivity index (χ4n) is 4.06. The van der Waals surface area contributed by atoms with Gasteiger partial charge in [0.05, 0.1) is 18.4 Å². The molecule has 6 heteroatoms. The van der Waals surface area contributed by atoms with Crippen LogP contribution in [-0.2, 0) is 9.59 Å². The van der Waals surface area contributed by atoms with Crippen LogP contribution < -0.4 is 9.64 Å². The predicted molar refractivity (Wildman–Crippen MR) is 122 cm³/mol. The van der Waals surface area contributed by atoms with Gasteiger partial charge in [-0.15, -0.1) is 0 Å². The van der Waals surface area contributed by atoms with Gasteiger partial charge < -0.3 is 14.3 Å². The second kappa shape index (κ2) is 8.38. The number of ether oxygens (including phenoxy) is 1. The van der Waals surface area contributed by atoms with Gasteiger partial charge in [0.1, 0.15) is 23.3 Å². The molecule has 1 fully saturated rings. The Morgan fingerprint density at radius 1 is 1.06 bits per heavy atom. The summed E-state index contributed by atoms with van der Waals surface area (Å²) in [6.07, 6.45) is 1.49. The van der Waals surface area contributed by atoms with Crippen molar-refractivity contribution in [2.45, 2.75) is 33.7 Å². The van der Waals surface area contributed by atoms with Crippen molar-refractivity contribution in [3.63, 3.8) is 0 Å². The van der Waals surface area contributed by atoms with Gasteiger partial charge in [-0.3, -0.25) is 14.5 Å². The van der Waals surface area contributed by atoms with Gasteiger partial charge in [-0.25, -0.2) is 0 Å². The van der Waals surface area contributed by atoms with Gasteiger partial charge in [-0.05, 0) is 80.8 Å². The number of nitrogens with zero attached hydrogens (tertiary/aromatic N) is 1. The second-order valence-electron chi connectivity index (χ2n) is 7.82. The average Bonchev–Trinajstić information content (AvgIpc) is 3.39. The van der Waals surface area contributed by atoms with E-state index in [4.69, 9.17) is 9.15 Å². The quantitative estimate of drug-likeness (QED) is 0.340. The molecule has 1 unspecified atom stereocenters. The summed E-state index contributed by atoms with van der Waals surface area (Å²) in [5.74, 6) is -0.610. The highest BCUT2D eigenvalue weighted by Crippen LogP contribution is 2.43. The van der Waals surface area contributed by atoms with Crippen molar-refractivity contribution in [3.05, 3.63) is 88.4 Å².